The Morgan fingerprint density at radius 3 is 2.30 bits per heavy atom. The molecule has 0 bridgehead atoms. The number of carbonyl (C=O) groups is 1. The number of amides is 2. The Morgan fingerprint density at radius 2 is 1.75 bits per heavy atom. The lowest BCUT2D eigenvalue weighted by Gasteiger charge is -2.34. The first kappa shape index (κ1) is 15.8. The van der Waals surface area contributed by atoms with E-state index in [9.17, 15) is 4.79 Å². The molecule has 0 unspecified atom stereocenters. The average molecular weight is 405 g/mol. The van der Waals surface area contributed by atoms with Gasteiger partial charge in [0.1, 0.15) is 0 Å². The van der Waals surface area contributed by atoms with E-state index in [0.717, 1.165) is 53.8 Å². The zero-order chi connectivity index (χ0) is 14.5. The van der Waals surface area contributed by atoms with Crippen LogP contribution in [0.1, 0.15) is 13.3 Å². The van der Waals surface area contributed by atoms with Crippen LogP contribution in [0, 0.1) is 0 Å². The molecule has 0 aromatic heterocycles. The summed E-state index contributed by atoms with van der Waals surface area (Å²) in [6, 6.07) is 5.72. The van der Waals surface area contributed by atoms with Gasteiger partial charge in [0, 0.05) is 40.8 Å². The maximum Gasteiger partial charge on any atom is 0.321 e. The van der Waals surface area contributed by atoms with E-state index in [1.54, 1.807) is 0 Å². The van der Waals surface area contributed by atoms with Crippen molar-refractivity contribution in [2.45, 2.75) is 13.3 Å². The first-order valence-corrected chi connectivity index (χ1v) is 8.41. The zero-order valence-electron chi connectivity index (χ0n) is 11.5. The molecule has 2 amide bonds. The highest BCUT2D eigenvalue weighted by Gasteiger charge is 2.20. The summed E-state index contributed by atoms with van der Waals surface area (Å²) in [6.45, 7) is 6.81. The molecular formula is C14H19Br2N3O. The van der Waals surface area contributed by atoms with Gasteiger partial charge in [-0.3, -0.25) is 4.90 Å². The van der Waals surface area contributed by atoms with Crippen LogP contribution in [0.2, 0.25) is 0 Å². The van der Waals surface area contributed by atoms with Crippen molar-refractivity contribution in [3.05, 3.63) is 27.1 Å². The number of hydrogen-bond donors (Lipinski definition) is 1. The number of urea groups is 1. The predicted octanol–water partition coefficient (Wildman–Crippen LogP) is 3.77. The van der Waals surface area contributed by atoms with Gasteiger partial charge in [-0.25, -0.2) is 4.79 Å². The van der Waals surface area contributed by atoms with E-state index in [-0.39, 0.29) is 6.03 Å². The molecule has 4 nitrogen and oxygen atoms in total. The number of halogens is 2. The molecule has 0 spiro atoms. The Labute approximate surface area is 136 Å². The Kier molecular flexibility index (Phi) is 5.86. The van der Waals surface area contributed by atoms with Crippen molar-refractivity contribution in [2.24, 2.45) is 0 Å². The van der Waals surface area contributed by atoms with Gasteiger partial charge >= 0.3 is 6.03 Å². The largest absolute Gasteiger partial charge is 0.322 e. The number of nitrogens with one attached hydrogen (secondary N) is 1. The van der Waals surface area contributed by atoms with Crippen molar-refractivity contribution in [3.8, 4) is 0 Å². The molecule has 1 saturated heterocycles. The predicted molar refractivity (Wildman–Crippen MR) is 89.2 cm³/mol. The van der Waals surface area contributed by atoms with Crippen LogP contribution < -0.4 is 5.32 Å². The van der Waals surface area contributed by atoms with Gasteiger partial charge in [0.05, 0.1) is 0 Å². The van der Waals surface area contributed by atoms with E-state index < -0.39 is 0 Å². The van der Waals surface area contributed by atoms with Crippen molar-refractivity contribution in [3.63, 3.8) is 0 Å². The second-order valence-electron chi connectivity index (χ2n) is 4.92. The van der Waals surface area contributed by atoms with Crippen molar-refractivity contribution in [2.75, 3.05) is 38.0 Å². The Balaban J connectivity index is 1.89. The Morgan fingerprint density at radius 1 is 1.15 bits per heavy atom. The number of benzene rings is 1. The van der Waals surface area contributed by atoms with Gasteiger partial charge in [-0.05, 0) is 31.2 Å². The van der Waals surface area contributed by atoms with E-state index in [4.69, 9.17) is 0 Å². The minimum atomic E-state index is -0.0221. The monoisotopic (exact) mass is 403 g/mol. The van der Waals surface area contributed by atoms with Gasteiger partial charge in [0.15, 0.2) is 0 Å². The molecule has 6 heteroatoms. The van der Waals surface area contributed by atoms with Gasteiger partial charge in [0.25, 0.3) is 0 Å². The molecule has 0 saturated carbocycles. The standard InChI is InChI=1S/C14H19Br2N3O/c1-2-3-18-4-6-19(7-5-18)14(20)17-13-9-11(15)8-12(16)10-13/h8-10H,2-7H2,1H3,(H,17,20). The number of anilines is 1. The van der Waals surface area contributed by atoms with E-state index in [1.165, 1.54) is 0 Å². The molecule has 1 aliphatic heterocycles. The fourth-order valence-corrected chi connectivity index (χ4v) is 3.61. The number of carbonyl (C=O) groups excluding carboxylic acids is 1. The first-order valence-electron chi connectivity index (χ1n) is 6.83. The highest BCUT2D eigenvalue weighted by atomic mass is 79.9. The summed E-state index contributed by atoms with van der Waals surface area (Å²) >= 11 is 6.84. The second-order valence-corrected chi connectivity index (χ2v) is 6.75. The number of hydrogen-bond acceptors (Lipinski definition) is 2. The summed E-state index contributed by atoms with van der Waals surface area (Å²) in [4.78, 5) is 16.5. The van der Waals surface area contributed by atoms with Gasteiger partial charge in [0.2, 0.25) is 0 Å². The topological polar surface area (TPSA) is 35.6 Å². The van der Waals surface area contributed by atoms with Crippen LogP contribution in [-0.2, 0) is 0 Å². The van der Waals surface area contributed by atoms with Gasteiger partial charge in [-0.15, -0.1) is 0 Å². The number of nitrogens with zero attached hydrogens (tertiary/aromatic N) is 2. The van der Waals surface area contributed by atoms with Crippen molar-refractivity contribution in [1.29, 1.82) is 0 Å². The third kappa shape index (κ3) is 4.46. The maximum absolute atomic E-state index is 12.2. The van der Waals surface area contributed by atoms with E-state index in [2.05, 4.69) is 49.0 Å². The zero-order valence-corrected chi connectivity index (χ0v) is 14.7. The lowest BCUT2D eigenvalue weighted by molar-refractivity contribution is 0.147. The smallest absolute Gasteiger partial charge is 0.321 e. The molecule has 2 rings (SSSR count). The van der Waals surface area contributed by atoms with Gasteiger partial charge in [-0.1, -0.05) is 38.8 Å². The third-order valence-corrected chi connectivity index (χ3v) is 4.23. The molecule has 110 valence electrons. The van der Waals surface area contributed by atoms with Crippen molar-refractivity contribution >= 4 is 43.6 Å². The van der Waals surface area contributed by atoms with Crippen molar-refractivity contribution < 1.29 is 4.79 Å². The molecule has 20 heavy (non-hydrogen) atoms. The van der Waals surface area contributed by atoms with Crippen LogP contribution in [0.5, 0.6) is 0 Å². The molecule has 1 heterocycles. The molecule has 1 N–H and O–H groups in total. The van der Waals surface area contributed by atoms with Crippen LogP contribution in [-0.4, -0.2) is 48.6 Å². The molecular weight excluding hydrogens is 386 g/mol. The van der Waals surface area contributed by atoms with E-state index in [0.29, 0.717) is 0 Å². The first-order chi connectivity index (χ1) is 9.58. The van der Waals surface area contributed by atoms with E-state index in [1.807, 2.05) is 23.1 Å². The fraction of sp³-hybridized carbons (Fsp3) is 0.500. The lowest BCUT2D eigenvalue weighted by atomic mass is 10.3. The Hall–Kier alpha value is -0.590. The summed E-state index contributed by atoms with van der Waals surface area (Å²) in [5.74, 6) is 0. The molecule has 0 aliphatic carbocycles. The lowest BCUT2D eigenvalue weighted by Crippen LogP contribution is -2.50. The number of piperazine rings is 1. The quantitative estimate of drug-likeness (QED) is 0.832. The summed E-state index contributed by atoms with van der Waals surface area (Å²) in [6.07, 6.45) is 1.16. The SMILES string of the molecule is CCCN1CCN(C(=O)Nc2cc(Br)cc(Br)c2)CC1. The normalized spacial score (nSPS) is 16.2. The highest BCUT2D eigenvalue weighted by molar-refractivity contribution is 9.11. The van der Waals surface area contributed by atoms with E-state index >= 15 is 0 Å². The summed E-state index contributed by atoms with van der Waals surface area (Å²) < 4.78 is 1.88. The summed E-state index contributed by atoms with van der Waals surface area (Å²) in [5.41, 5.74) is 0.798. The van der Waals surface area contributed by atoms with Crippen LogP contribution in [0.3, 0.4) is 0 Å². The highest BCUT2D eigenvalue weighted by Crippen LogP contribution is 2.23. The fourth-order valence-electron chi connectivity index (χ4n) is 2.32. The molecule has 0 radical (unpaired) electrons. The maximum atomic E-state index is 12.2. The van der Waals surface area contributed by atoms with Crippen LogP contribution in [0.25, 0.3) is 0 Å². The van der Waals surface area contributed by atoms with Crippen LogP contribution in [0.4, 0.5) is 10.5 Å². The number of rotatable bonds is 3. The van der Waals surface area contributed by atoms with Crippen molar-refractivity contribution in [1.82, 2.24) is 9.80 Å². The minimum absolute atomic E-state index is 0.0221. The second kappa shape index (κ2) is 7.43. The summed E-state index contributed by atoms with van der Waals surface area (Å²) in [5, 5.41) is 2.95. The minimum Gasteiger partial charge on any atom is -0.322 e. The van der Waals surface area contributed by atoms with Crippen LogP contribution >= 0.6 is 31.9 Å². The molecule has 1 aromatic rings. The summed E-state index contributed by atoms with van der Waals surface area (Å²) in [7, 11) is 0. The van der Waals surface area contributed by atoms with Gasteiger partial charge < -0.3 is 10.2 Å². The van der Waals surface area contributed by atoms with Gasteiger partial charge in [-0.2, -0.15) is 0 Å². The molecule has 1 aromatic carbocycles. The third-order valence-electron chi connectivity index (χ3n) is 3.31. The molecule has 1 fully saturated rings. The molecule has 1 aliphatic rings. The average Bonchev–Trinajstić information content (AvgIpc) is 2.38. The van der Waals surface area contributed by atoms with Crippen LogP contribution in [0.15, 0.2) is 27.1 Å². The Bertz CT molecular complexity index is 453. The molecule has 0 atom stereocenters.